The summed E-state index contributed by atoms with van der Waals surface area (Å²) in [4.78, 5) is 12.2. The Morgan fingerprint density at radius 2 is 2.00 bits per heavy atom. The van der Waals surface area contributed by atoms with Gasteiger partial charge in [0.2, 0.25) is 5.91 Å². The number of hydrogen-bond donors (Lipinski definition) is 2. The first-order chi connectivity index (χ1) is 7.56. The Labute approximate surface area is 103 Å². The van der Waals surface area contributed by atoms with Gasteiger partial charge in [0.05, 0.1) is 0 Å². The molecule has 0 bridgehead atoms. The van der Waals surface area contributed by atoms with Crippen LogP contribution in [0.4, 0.5) is 0 Å². The highest BCUT2D eigenvalue weighted by molar-refractivity contribution is 7.84. The van der Waals surface area contributed by atoms with Gasteiger partial charge in [0, 0.05) is 12.6 Å². The lowest BCUT2D eigenvalue weighted by Crippen LogP contribution is -2.19. The Morgan fingerprint density at radius 1 is 1.38 bits per heavy atom. The third-order valence-corrected chi connectivity index (χ3v) is 3.23. The van der Waals surface area contributed by atoms with Crippen LogP contribution >= 0.6 is 12.6 Å². The minimum atomic E-state index is -0.0472. The van der Waals surface area contributed by atoms with Crippen LogP contribution in [-0.4, -0.2) is 5.91 Å². The highest BCUT2D eigenvalue weighted by Crippen LogP contribution is 2.33. The van der Waals surface area contributed by atoms with Crippen LogP contribution < -0.4 is 5.32 Å². The van der Waals surface area contributed by atoms with Gasteiger partial charge in [-0.2, -0.15) is 0 Å². The Morgan fingerprint density at radius 3 is 2.50 bits per heavy atom. The number of allylic oxidation sites excluding steroid dienone is 5. The van der Waals surface area contributed by atoms with E-state index in [2.05, 4.69) is 24.5 Å². The minimum absolute atomic E-state index is 0.0472. The van der Waals surface area contributed by atoms with E-state index in [1.807, 2.05) is 13.0 Å². The minimum Gasteiger partial charge on any atom is -0.330 e. The quantitative estimate of drug-likeness (QED) is 0.572. The molecule has 0 heterocycles. The van der Waals surface area contributed by atoms with Gasteiger partial charge in [-0.3, -0.25) is 4.79 Å². The van der Waals surface area contributed by atoms with Crippen molar-refractivity contribution in [2.24, 2.45) is 0 Å². The summed E-state index contributed by atoms with van der Waals surface area (Å²) in [5, 5.41) is 2.81. The average molecular weight is 237 g/mol. The molecular formula is C13H19NOS. The van der Waals surface area contributed by atoms with Crippen molar-refractivity contribution in [1.29, 1.82) is 0 Å². The molecule has 0 radical (unpaired) electrons. The molecule has 0 aromatic heterocycles. The molecule has 0 saturated heterocycles. The van der Waals surface area contributed by atoms with Crippen LogP contribution in [0.2, 0.25) is 0 Å². The Balaban J connectivity index is 3.05. The van der Waals surface area contributed by atoms with Gasteiger partial charge in [0.15, 0.2) is 0 Å². The molecule has 88 valence electrons. The number of nitrogens with one attached hydrogen (secondary N) is 1. The first-order valence-corrected chi connectivity index (χ1v) is 6.03. The van der Waals surface area contributed by atoms with Gasteiger partial charge >= 0.3 is 0 Å². The van der Waals surface area contributed by atoms with E-state index in [1.165, 1.54) is 25.3 Å². The lowest BCUT2D eigenvalue weighted by Gasteiger charge is -2.20. The first-order valence-electron chi connectivity index (χ1n) is 5.58. The van der Waals surface area contributed by atoms with E-state index in [1.54, 1.807) is 0 Å². The topological polar surface area (TPSA) is 29.1 Å². The van der Waals surface area contributed by atoms with Gasteiger partial charge in [-0.25, -0.2) is 0 Å². The summed E-state index contributed by atoms with van der Waals surface area (Å²) in [5.41, 5.74) is 3.13. The van der Waals surface area contributed by atoms with Crippen LogP contribution in [-0.2, 0) is 4.79 Å². The fourth-order valence-corrected chi connectivity index (χ4v) is 2.40. The summed E-state index contributed by atoms with van der Waals surface area (Å²) in [7, 11) is 0. The zero-order valence-electron chi connectivity index (χ0n) is 9.97. The number of hydrogen-bond acceptors (Lipinski definition) is 2. The smallest absolute Gasteiger partial charge is 0.221 e. The van der Waals surface area contributed by atoms with Crippen LogP contribution in [0.25, 0.3) is 0 Å². The Bertz CT molecular complexity index is 366. The van der Waals surface area contributed by atoms with E-state index in [-0.39, 0.29) is 5.91 Å². The van der Waals surface area contributed by atoms with Crippen molar-refractivity contribution in [1.82, 2.24) is 5.32 Å². The van der Waals surface area contributed by atoms with Crippen molar-refractivity contribution in [3.05, 3.63) is 34.4 Å². The zero-order valence-corrected chi connectivity index (χ0v) is 10.9. The number of amides is 1. The maximum absolute atomic E-state index is 11.0. The highest BCUT2D eigenvalue weighted by Gasteiger charge is 2.14. The number of carbonyl (C=O) groups excluding carboxylic acids is 1. The number of thiol groups is 1. The summed E-state index contributed by atoms with van der Waals surface area (Å²) in [6.45, 7) is 7.24. The lowest BCUT2D eigenvalue weighted by atomic mass is 9.92. The molecule has 0 unspecified atom stereocenters. The van der Waals surface area contributed by atoms with Crippen LogP contribution in [0.1, 0.15) is 39.5 Å². The molecule has 0 aliphatic heterocycles. The largest absolute Gasteiger partial charge is 0.330 e. The van der Waals surface area contributed by atoms with Gasteiger partial charge in [-0.15, -0.1) is 12.6 Å². The van der Waals surface area contributed by atoms with Crippen molar-refractivity contribution in [3.63, 3.8) is 0 Å². The molecular weight excluding hydrogens is 218 g/mol. The first kappa shape index (κ1) is 13.1. The molecule has 0 aromatic rings. The molecule has 0 spiro atoms. The lowest BCUT2D eigenvalue weighted by molar-refractivity contribution is -0.118. The Hall–Kier alpha value is -0.960. The third-order valence-electron chi connectivity index (χ3n) is 2.74. The molecule has 2 nitrogen and oxygen atoms in total. The van der Waals surface area contributed by atoms with E-state index in [0.717, 1.165) is 29.0 Å². The van der Waals surface area contributed by atoms with Gasteiger partial charge in [0.25, 0.3) is 0 Å². The van der Waals surface area contributed by atoms with Gasteiger partial charge in [-0.1, -0.05) is 12.7 Å². The SMILES string of the molecule is C=C/C(C1=C(S)CCCC1)=C(/C)NC(C)=O. The van der Waals surface area contributed by atoms with Gasteiger partial charge in [-0.05, 0) is 48.7 Å². The second kappa shape index (κ2) is 5.94. The summed E-state index contributed by atoms with van der Waals surface area (Å²) < 4.78 is 0. The van der Waals surface area contributed by atoms with Crippen LogP contribution in [0.5, 0.6) is 0 Å². The second-order valence-corrected chi connectivity index (χ2v) is 4.60. The molecule has 1 N–H and O–H groups in total. The predicted molar refractivity (Wildman–Crippen MR) is 71.2 cm³/mol. The molecule has 3 heteroatoms. The van der Waals surface area contributed by atoms with Crippen LogP contribution in [0, 0.1) is 0 Å². The highest BCUT2D eigenvalue weighted by atomic mass is 32.1. The van der Waals surface area contributed by atoms with E-state index in [0.29, 0.717) is 0 Å². The molecule has 16 heavy (non-hydrogen) atoms. The molecule has 0 aromatic carbocycles. The predicted octanol–water partition coefficient (Wildman–Crippen LogP) is 3.34. The van der Waals surface area contributed by atoms with Gasteiger partial charge < -0.3 is 5.32 Å². The summed E-state index contributed by atoms with van der Waals surface area (Å²) in [5.74, 6) is -0.0472. The van der Waals surface area contributed by atoms with Crippen molar-refractivity contribution >= 4 is 18.5 Å². The van der Waals surface area contributed by atoms with Crippen molar-refractivity contribution in [3.8, 4) is 0 Å². The normalized spacial score (nSPS) is 17.9. The standard InChI is InChI=1S/C13H19NOS/c1-4-11(9(2)14-10(3)15)12-7-5-6-8-13(12)16/h4,16H,1,5-8H2,2-3H3,(H,14,15)/b11-9+. The third kappa shape index (κ3) is 3.27. The molecule has 1 aliphatic carbocycles. The molecule has 1 amide bonds. The molecule has 1 aliphatic rings. The molecule has 0 atom stereocenters. The maximum atomic E-state index is 11.0. The van der Waals surface area contributed by atoms with Crippen molar-refractivity contribution in [2.75, 3.05) is 0 Å². The fourth-order valence-electron chi connectivity index (χ4n) is 2.01. The monoisotopic (exact) mass is 237 g/mol. The van der Waals surface area contributed by atoms with Crippen molar-refractivity contribution < 1.29 is 4.79 Å². The molecule has 1 rings (SSSR count). The fraction of sp³-hybridized carbons (Fsp3) is 0.462. The van der Waals surface area contributed by atoms with Crippen LogP contribution in [0.15, 0.2) is 34.4 Å². The molecule has 0 fully saturated rings. The van der Waals surface area contributed by atoms with E-state index < -0.39 is 0 Å². The molecule has 0 saturated carbocycles. The average Bonchev–Trinajstić information content (AvgIpc) is 2.20. The maximum Gasteiger partial charge on any atom is 0.221 e. The number of carbonyl (C=O) groups is 1. The van der Waals surface area contributed by atoms with E-state index in [4.69, 9.17) is 0 Å². The van der Waals surface area contributed by atoms with E-state index in [9.17, 15) is 4.79 Å². The van der Waals surface area contributed by atoms with E-state index >= 15 is 0 Å². The summed E-state index contributed by atoms with van der Waals surface area (Å²) in [6, 6.07) is 0. The van der Waals surface area contributed by atoms with Crippen molar-refractivity contribution in [2.45, 2.75) is 39.5 Å². The van der Waals surface area contributed by atoms with Gasteiger partial charge in [0.1, 0.15) is 0 Å². The second-order valence-electron chi connectivity index (χ2n) is 4.06. The number of rotatable bonds is 3. The van der Waals surface area contributed by atoms with Crippen LogP contribution in [0.3, 0.4) is 0 Å². The summed E-state index contributed by atoms with van der Waals surface area (Å²) >= 11 is 4.52. The summed E-state index contributed by atoms with van der Waals surface area (Å²) in [6.07, 6.45) is 6.25. The Kier molecular flexibility index (Phi) is 4.87. The zero-order chi connectivity index (χ0) is 12.1.